The van der Waals surface area contributed by atoms with Crippen molar-refractivity contribution in [3.63, 3.8) is 0 Å². The standard InChI is InChI=1S/C15H9ClF3NOS/c16-9-2-1-3-11(18)14(9)15-20(13(21)7-22-15)8-4-5-10(17)12(19)6-8/h1-6,15H,7H2. The van der Waals surface area contributed by atoms with E-state index in [1.165, 1.54) is 40.9 Å². The Morgan fingerprint density at radius 2 is 1.86 bits per heavy atom. The predicted octanol–water partition coefficient (Wildman–Crippen LogP) is 4.54. The fraction of sp³-hybridized carbons (Fsp3) is 0.133. The summed E-state index contributed by atoms with van der Waals surface area (Å²) in [6.45, 7) is 0. The zero-order chi connectivity index (χ0) is 15.9. The maximum Gasteiger partial charge on any atom is 0.238 e. The summed E-state index contributed by atoms with van der Waals surface area (Å²) >= 11 is 7.22. The molecule has 2 aromatic rings. The van der Waals surface area contributed by atoms with Crippen LogP contribution in [0.5, 0.6) is 0 Å². The minimum absolute atomic E-state index is 0.105. The van der Waals surface area contributed by atoms with Crippen molar-refractivity contribution in [1.82, 2.24) is 0 Å². The highest BCUT2D eigenvalue weighted by molar-refractivity contribution is 8.00. The number of carbonyl (C=O) groups excluding carboxylic acids is 1. The van der Waals surface area contributed by atoms with E-state index in [1.807, 2.05) is 0 Å². The lowest BCUT2D eigenvalue weighted by molar-refractivity contribution is -0.115. The van der Waals surface area contributed by atoms with Crippen molar-refractivity contribution < 1.29 is 18.0 Å². The van der Waals surface area contributed by atoms with Crippen molar-refractivity contribution in [2.45, 2.75) is 5.37 Å². The van der Waals surface area contributed by atoms with Gasteiger partial charge in [-0.1, -0.05) is 17.7 Å². The maximum atomic E-state index is 14.1. The Labute approximate surface area is 133 Å². The second-order valence-corrected chi connectivity index (χ2v) is 6.14. The molecule has 0 N–H and O–H groups in total. The third kappa shape index (κ3) is 2.57. The number of benzene rings is 2. The zero-order valence-corrected chi connectivity index (χ0v) is 12.6. The van der Waals surface area contributed by atoms with Crippen LogP contribution in [0.2, 0.25) is 5.02 Å². The Hall–Kier alpha value is -1.66. The van der Waals surface area contributed by atoms with Crippen LogP contribution in [-0.4, -0.2) is 11.7 Å². The molecule has 1 fully saturated rings. The quantitative estimate of drug-likeness (QED) is 0.798. The van der Waals surface area contributed by atoms with E-state index in [-0.39, 0.29) is 27.9 Å². The first-order valence-corrected chi connectivity index (χ1v) is 7.74. The number of amides is 1. The van der Waals surface area contributed by atoms with Crippen molar-refractivity contribution in [3.05, 3.63) is 64.4 Å². The van der Waals surface area contributed by atoms with E-state index in [1.54, 1.807) is 0 Å². The SMILES string of the molecule is O=C1CSC(c2c(F)cccc2Cl)N1c1ccc(F)c(F)c1. The highest BCUT2D eigenvalue weighted by Gasteiger charge is 2.37. The topological polar surface area (TPSA) is 20.3 Å². The summed E-state index contributed by atoms with van der Waals surface area (Å²) in [7, 11) is 0. The molecule has 1 heterocycles. The van der Waals surface area contributed by atoms with Gasteiger partial charge in [0.25, 0.3) is 0 Å². The van der Waals surface area contributed by atoms with Crippen LogP contribution in [-0.2, 0) is 4.79 Å². The van der Waals surface area contributed by atoms with E-state index < -0.39 is 22.8 Å². The van der Waals surface area contributed by atoms with Gasteiger partial charge in [-0.2, -0.15) is 0 Å². The van der Waals surface area contributed by atoms with E-state index in [0.29, 0.717) is 0 Å². The molecule has 22 heavy (non-hydrogen) atoms. The van der Waals surface area contributed by atoms with Crippen LogP contribution in [0.3, 0.4) is 0 Å². The van der Waals surface area contributed by atoms with Gasteiger partial charge in [0.1, 0.15) is 11.2 Å². The molecule has 1 saturated heterocycles. The number of hydrogen-bond acceptors (Lipinski definition) is 2. The number of rotatable bonds is 2. The molecule has 0 radical (unpaired) electrons. The monoisotopic (exact) mass is 343 g/mol. The van der Waals surface area contributed by atoms with Crippen LogP contribution in [0.1, 0.15) is 10.9 Å². The van der Waals surface area contributed by atoms with Gasteiger partial charge in [0.05, 0.1) is 5.75 Å². The van der Waals surface area contributed by atoms with E-state index in [2.05, 4.69) is 0 Å². The first kappa shape index (κ1) is 15.2. The van der Waals surface area contributed by atoms with Gasteiger partial charge in [-0.3, -0.25) is 9.69 Å². The molecule has 0 spiro atoms. The maximum absolute atomic E-state index is 14.1. The predicted molar refractivity (Wildman–Crippen MR) is 80.5 cm³/mol. The normalized spacial score (nSPS) is 18.1. The van der Waals surface area contributed by atoms with Crippen LogP contribution < -0.4 is 4.90 Å². The molecule has 3 rings (SSSR count). The second-order valence-electron chi connectivity index (χ2n) is 4.66. The van der Waals surface area contributed by atoms with Crippen LogP contribution in [0, 0.1) is 17.5 Å². The third-order valence-corrected chi connectivity index (χ3v) is 4.80. The van der Waals surface area contributed by atoms with Crippen LogP contribution >= 0.6 is 23.4 Å². The summed E-state index contributed by atoms with van der Waals surface area (Å²) in [4.78, 5) is 13.3. The van der Waals surface area contributed by atoms with Gasteiger partial charge in [0.15, 0.2) is 11.6 Å². The van der Waals surface area contributed by atoms with Gasteiger partial charge in [-0.15, -0.1) is 11.8 Å². The number of carbonyl (C=O) groups is 1. The molecule has 1 unspecified atom stereocenters. The van der Waals surface area contributed by atoms with Crippen molar-refractivity contribution in [2.75, 3.05) is 10.7 Å². The largest absolute Gasteiger partial charge is 0.295 e. The molecule has 0 saturated carbocycles. The smallest absolute Gasteiger partial charge is 0.238 e. The number of anilines is 1. The Kier molecular flexibility index (Phi) is 4.06. The molecule has 0 aromatic heterocycles. The van der Waals surface area contributed by atoms with E-state index >= 15 is 0 Å². The Morgan fingerprint density at radius 1 is 1.09 bits per heavy atom. The molecule has 1 aliphatic heterocycles. The molecule has 7 heteroatoms. The van der Waals surface area contributed by atoms with Gasteiger partial charge < -0.3 is 0 Å². The molecule has 1 aliphatic rings. The molecular weight excluding hydrogens is 335 g/mol. The molecule has 2 aromatic carbocycles. The number of nitrogens with zero attached hydrogens (tertiary/aromatic N) is 1. The summed E-state index contributed by atoms with van der Waals surface area (Å²) in [6, 6.07) is 7.36. The lowest BCUT2D eigenvalue weighted by Crippen LogP contribution is -2.28. The summed E-state index contributed by atoms with van der Waals surface area (Å²) in [5.74, 6) is -2.84. The van der Waals surface area contributed by atoms with Crippen LogP contribution in [0.4, 0.5) is 18.9 Å². The third-order valence-electron chi connectivity index (χ3n) is 3.30. The van der Waals surface area contributed by atoms with Gasteiger partial charge >= 0.3 is 0 Å². The van der Waals surface area contributed by atoms with Crippen molar-refractivity contribution >= 4 is 35.0 Å². The number of halogens is 4. The van der Waals surface area contributed by atoms with Crippen molar-refractivity contribution in [3.8, 4) is 0 Å². The van der Waals surface area contributed by atoms with Gasteiger partial charge in [0, 0.05) is 22.3 Å². The van der Waals surface area contributed by atoms with Crippen molar-refractivity contribution in [2.24, 2.45) is 0 Å². The number of thioether (sulfide) groups is 1. The molecule has 1 amide bonds. The Balaban J connectivity index is 2.08. The van der Waals surface area contributed by atoms with Gasteiger partial charge in [-0.25, -0.2) is 13.2 Å². The summed E-state index contributed by atoms with van der Waals surface area (Å²) < 4.78 is 40.6. The average Bonchev–Trinajstić information content (AvgIpc) is 2.84. The van der Waals surface area contributed by atoms with Crippen LogP contribution in [0.25, 0.3) is 0 Å². The Morgan fingerprint density at radius 3 is 2.55 bits per heavy atom. The summed E-state index contributed by atoms with van der Waals surface area (Å²) in [5, 5.41) is -0.536. The highest BCUT2D eigenvalue weighted by Crippen LogP contribution is 2.45. The fourth-order valence-electron chi connectivity index (χ4n) is 2.30. The van der Waals surface area contributed by atoms with Gasteiger partial charge in [-0.05, 0) is 24.3 Å². The zero-order valence-electron chi connectivity index (χ0n) is 11.0. The molecule has 0 aliphatic carbocycles. The minimum Gasteiger partial charge on any atom is -0.295 e. The first-order chi connectivity index (χ1) is 10.5. The minimum atomic E-state index is -1.07. The second kappa shape index (κ2) is 5.85. The first-order valence-electron chi connectivity index (χ1n) is 6.31. The van der Waals surface area contributed by atoms with Crippen LogP contribution in [0.15, 0.2) is 36.4 Å². The molecule has 2 nitrogen and oxygen atoms in total. The molecule has 0 bridgehead atoms. The fourth-order valence-corrected chi connectivity index (χ4v) is 3.86. The lowest BCUT2D eigenvalue weighted by Gasteiger charge is -2.25. The van der Waals surface area contributed by atoms with E-state index in [9.17, 15) is 18.0 Å². The number of hydrogen-bond donors (Lipinski definition) is 0. The van der Waals surface area contributed by atoms with Crippen molar-refractivity contribution in [1.29, 1.82) is 0 Å². The van der Waals surface area contributed by atoms with E-state index in [0.717, 1.165) is 12.1 Å². The average molecular weight is 344 g/mol. The summed E-state index contributed by atoms with van der Waals surface area (Å²) in [6.07, 6.45) is 0. The Bertz CT molecular complexity index is 735. The van der Waals surface area contributed by atoms with E-state index in [4.69, 9.17) is 11.6 Å². The molecular formula is C15H9ClF3NOS. The molecule has 114 valence electrons. The van der Waals surface area contributed by atoms with Gasteiger partial charge in [0.2, 0.25) is 5.91 Å². The highest BCUT2D eigenvalue weighted by atomic mass is 35.5. The molecule has 1 atom stereocenters. The lowest BCUT2D eigenvalue weighted by atomic mass is 10.1. The summed E-state index contributed by atoms with van der Waals surface area (Å²) in [5.41, 5.74) is 0.322.